The smallest absolute Gasteiger partial charge is 0.233 e. The van der Waals surface area contributed by atoms with Gasteiger partial charge in [-0.3, -0.25) is 19.1 Å². The van der Waals surface area contributed by atoms with Crippen LogP contribution in [0.5, 0.6) is 5.75 Å². The molecule has 0 aliphatic carbocycles. The maximum atomic E-state index is 13.1. The Morgan fingerprint density at radius 2 is 1.72 bits per heavy atom. The third-order valence-corrected chi connectivity index (χ3v) is 5.19. The van der Waals surface area contributed by atoms with Gasteiger partial charge in [-0.25, -0.2) is 4.98 Å². The molecule has 29 heavy (non-hydrogen) atoms. The number of nitrogens with zero attached hydrogens (tertiary/aromatic N) is 4. The zero-order valence-corrected chi connectivity index (χ0v) is 16.2. The van der Waals surface area contributed by atoms with Crippen LogP contribution in [-0.2, 0) is 11.4 Å². The van der Waals surface area contributed by atoms with Crippen molar-refractivity contribution in [1.29, 1.82) is 0 Å². The van der Waals surface area contributed by atoms with Crippen LogP contribution in [0.25, 0.3) is 11.0 Å². The number of carbonyl (C=O) groups excluding carboxylic acids is 2. The molecule has 150 valence electrons. The van der Waals surface area contributed by atoms with Gasteiger partial charge in [-0.15, -0.1) is 0 Å². The Labute approximate surface area is 169 Å². The van der Waals surface area contributed by atoms with Crippen molar-refractivity contribution in [1.82, 2.24) is 19.4 Å². The number of imidazole rings is 1. The quantitative estimate of drug-likeness (QED) is 0.578. The predicted octanol–water partition coefficient (Wildman–Crippen LogP) is 2.42. The van der Waals surface area contributed by atoms with Gasteiger partial charge < -0.3 is 9.64 Å². The second-order valence-corrected chi connectivity index (χ2v) is 7.08. The van der Waals surface area contributed by atoms with Gasteiger partial charge in [0.2, 0.25) is 12.3 Å². The number of rotatable bonds is 7. The third-order valence-electron chi connectivity index (χ3n) is 5.19. The van der Waals surface area contributed by atoms with Crippen LogP contribution in [0.3, 0.4) is 0 Å². The normalized spacial score (nSPS) is 14.8. The molecule has 2 aromatic carbocycles. The van der Waals surface area contributed by atoms with Crippen LogP contribution in [0.1, 0.15) is 17.0 Å². The molecule has 0 N–H and O–H groups in total. The lowest BCUT2D eigenvalue weighted by atomic mass is 10.2. The van der Waals surface area contributed by atoms with Crippen molar-refractivity contribution in [2.24, 2.45) is 0 Å². The average molecular weight is 392 g/mol. The fraction of sp³-hybridized carbons (Fsp3) is 0.318. The van der Waals surface area contributed by atoms with E-state index >= 15 is 0 Å². The molecule has 1 aliphatic rings. The van der Waals surface area contributed by atoms with E-state index < -0.39 is 0 Å². The lowest BCUT2D eigenvalue weighted by Crippen LogP contribution is -2.46. The maximum absolute atomic E-state index is 13.1. The summed E-state index contributed by atoms with van der Waals surface area (Å²) in [6.07, 6.45) is 1.28. The zero-order chi connectivity index (χ0) is 20.1. The second kappa shape index (κ2) is 8.87. The molecule has 1 aliphatic heterocycles. The lowest BCUT2D eigenvalue weighted by Gasteiger charge is -2.32. The number of fused-ring (bicyclic) bond motifs is 1. The van der Waals surface area contributed by atoms with E-state index in [0.29, 0.717) is 31.9 Å². The number of amides is 1. The van der Waals surface area contributed by atoms with Crippen molar-refractivity contribution in [2.75, 3.05) is 32.7 Å². The molecule has 0 bridgehead atoms. The number of hydrogen-bond donors (Lipinski definition) is 0. The van der Waals surface area contributed by atoms with Crippen LogP contribution >= 0.6 is 0 Å². The topological polar surface area (TPSA) is 67.7 Å². The van der Waals surface area contributed by atoms with Crippen molar-refractivity contribution in [3.05, 3.63) is 60.4 Å². The highest BCUT2D eigenvalue weighted by atomic mass is 16.5. The van der Waals surface area contributed by atoms with Crippen LogP contribution < -0.4 is 4.74 Å². The summed E-state index contributed by atoms with van der Waals surface area (Å²) in [6.45, 7) is 3.89. The van der Waals surface area contributed by atoms with Gasteiger partial charge in [0.05, 0.1) is 11.0 Å². The molecule has 1 amide bonds. The molecule has 4 rings (SSSR count). The van der Waals surface area contributed by atoms with E-state index in [4.69, 9.17) is 4.74 Å². The molecule has 0 spiro atoms. The van der Waals surface area contributed by atoms with Crippen molar-refractivity contribution >= 4 is 23.4 Å². The molecule has 7 heteroatoms. The van der Waals surface area contributed by atoms with Gasteiger partial charge in [0.15, 0.2) is 5.82 Å². The van der Waals surface area contributed by atoms with Gasteiger partial charge in [-0.05, 0) is 24.3 Å². The van der Waals surface area contributed by atoms with Crippen molar-refractivity contribution < 1.29 is 14.3 Å². The first-order valence-corrected chi connectivity index (χ1v) is 9.84. The number of carbonyl (C=O) groups is 2. The van der Waals surface area contributed by atoms with Crippen LogP contribution in [0.15, 0.2) is 54.6 Å². The Morgan fingerprint density at radius 3 is 2.48 bits per heavy atom. The highest BCUT2D eigenvalue weighted by Gasteiger charge is 2.20. The van der Waals surface area contributed by atoms with Crippen LogP contribution in [0, 0.1) is 0 Å². The fourth-order valence-electron chi connectivity index (χ4n) is 3.57. The fourth-order valence-corrected chi connectivity index (χ4v) is 3.57. The van der Waals surface area contributed by atoms with Crippen LogP contribution in [0.2, 0.25) is 0 Å². The van der Waals surface area contributed by atoms with Crippen molar-refractivity contribution in [3.8, 4) is 5.75 Å². The highest BCUT2D eigenvalue weighted by molar-refractivity contribution is 5.91. The number of benzene rings is 2. The Kier molecular flexibility index (Phi) is 5.86. The second-order valence-electron chi connectivity index (χ2n) is 7.08. The van der Waals surface area contributed by atoms with E-state index in [0.717, 1.165) is 36.3 Å². The van der Waals surface area contributed by atoms with Gasteiger partial charge in [0, 0.05) is 39.1 Å². The third kappa shape index (κ3) is 4.46. The average Bonchev–Trinajstić information content (AvgIpc) is 3.15. The van der Waals surface area contributed by atoms with Gasteiger partial charge in [-0.2, -0.15) is 0 Å². The molecule has 1 fully saturated rings. The summed E-state index contributed by atoms with van der Waals surface area (Å²) in [7, 11) is 0. The molecule has 0 saturated carbocycles. The van der Waals surface area contributed by atoms with Gasteiger partial charge >= 0.3 is 0 Å². The van der Waals surface area contributed by atoms with Gasteiger partial charge in [-0.1, -0.05) is 30.3 Å². The molecule has 0 unspecified atom stereocenters. The predicted molar refractivity (Wildman–Crippen MR) is 110 cm³/mol. The Balaban J connectivity index is 1.47. The summed E-state index contributed by atoms with van der Waals surface area (Å²) in [5.41, 5.74) is 1.59. The minimum Gasteiger partial charge on any atom is -0.486 e. The summed E-state index contributed by atoms with van der Waals surface area (Å²) in [6, 6.07) is 17.2. The minimum absolute atomic E-state index is 0.00294. The molecule has 0 radical (unpaired) electrons. The van der Waals surface area contributed by atoms with Crippen molar-refractivity contribution in [2.45, 2.75) is 13.0 Å². The van der Waals surface area contributed by atoms with E-state index in [1.54, 1.807) is 9.47 Å². The monoisotopic (exact) mass is 392 g/mol. The number of piperazine rings is 1. The zero-order valence-electron chi connectivity index (χ0n) is 16.2. The van der Waals surface area contributed by atoms with E-state index in [9.17, 15) is 9.59 Å². The standard InChI is InChI=1S/C22H24N4O3/c27-17-25-14-12-24(13-15-25)11-10-22(28)26-20-9-5-4-8-19(20)23-21(26)16-29-18-6-2-1-3-7-18/h1-9,17H,10-16H2. The number of hydrogen-bond acceptors (Lipinski definition) is 5. The summed E-state index contributed by atoms with van der Waals surface area (Å²) >= 11 is 0. The van der Waals surface area contributed by atoms with E-state index in [1.165, 1.54) is 0 Å². The van der Waals surface area contributed by atoms with Gasteiger partial charge in [0.25, 0.3) is 0 Å². The lowest BCUT2D eigenvalue weighted by molar-refractivity contribution is -0.119. The largest absolute Gasteiger partial charge is 0.486 e. The molecule has 7 nitrogen and oxygen atoms in total. The first kappa shape index (κ1) is 19.1. The van der Waals surface area contributed by atoms with Crippen molar-refractivity contribution in [3.63, 3.8) is 0 Å². The van der Waals surface area contributed by atoms with Gasteiger partial charge in [0.1, 0.15) is 12.4 Å². The van der Waals surface area contributed by atoms with E-state index in [-0.39, 0.29) is 12.5 Å². The SMILES string of the molecule is O=CN1CCN(CCC(=O)n2c(COc3ccccc3)nc3ccccc32)CC1. The Bertz CT molecular complexity index is 978. The summed E-state index contributed by atoms with van der Waals surface area (Å²) in [4.78, 5) is 32.5. The Hall–Kier alpha value is -3.19. The minimum atomic E-state index is 0.00294. The molecule has 1 saturated heterocycles. The summed E-state index contributed by atoms with van der Waals surface area (Å²) in [5, 5.41) is 0. The number of aromatic nitrogens is 2. The van der Waals surface area contributed by atoms with E-state index in [2.05, 4.69) is 9.88 Å². The first-order chi connectivity index (χ1) is 14.2. The molecular weight excluding hydrogens is 368 g/mol. The van der Waals surface area contributed by atoms with E-state index in [1.807, 2.05) is 54.6 Å². The molecule has 3 aromatic rings. The summed E-state index contributed by atoms with van der Waals surface area (Å²) in [5.74, 6) is 1.35. The van der Waals surface area contributed by atoms with Crippen LogP contribution in [0.4, 0.5) is 0 Å². The Morgan fingerprint density at radius 1 is 1.00 bits per heavy atom. The van der Waals surface area contributed by atoms with Crippen LogP contribution in [-0.4, -0.2) is 64.4 Å². The molecule has 0 atom stereocenters. The summed E-state index contributed by atoms with van der Waals surface area (Å²) < 4.78 is 7.53. The maximum Gasteiger partial charge on any atom is 0.233 e. The highest BCUT2D eigenvalue weighted by Crippen LogP contribution is 2.19. The number of ether oxygens (including phenoxy) is 1. The molecular formula is C22H24N4O3. The molecule has 1 aromatic heterocycles. The number of para-hydroxylation sites is 3. The molecule has 2 heterocycles. The first-order valence-electron chi connectivity index (χ1n) is 9.84.